The first-order valence-electron chi connectivity index (χ1n) is 21.5. The lowest BCUT2D eigenvalue weighted by atomic mass is 9.91. The Balaban J connectivity index is 1.06. The van der Waals surface area contributed by atoms with Gasteiger partial charge in [0, 0.05) is 11.3 Å². The van der Waals surface area contributed by atoms with E-state index >= 15 is 0 Å². The van der Waals surface area contributed by atoms with Crippen molar-refractivity contribution < 1.29 is 0 Å². The third-order valence-corrected chi connectivity index (χ3v) is 17.7. The second-order valence-electron chi connectivity index (χ2n) is 16.4. The van der Waals surface area contributed by atoms with Crippen molar-refractivity contribution in [2.45, 2.75) is 13.8 Å². The normalized spacial score (nSPS) is 11.7. The summed E-state index contributed by atoms with van der Waals surface area (Å²) in [6.07, 6.45) is 0. The SMILES string of the molecule is Cc1cc2nc(-c3ccccc3)n(-c3ccc(-c4ccc(-c5c6ccccc6c([Si](c6ccccc6)(c6ccccc6)c6ccccc6)c6ccccc56)cc4)cc3)c2cc1C. The standard InChI is InChI=1S/C59H44N2Si/c1-41-39-55-56(40-42(41)2)61(59(60-55)46-19-7-3-8-20-46)47-37-35-44(36-38-47)43-31-33-45(34-32-43)57-51-27-15-17-29-53(51)58(54-30-18-16-28-52(54)57)62(48-21-9-4-10-22-48,49-23-11-5-12-24-49)50-25-13-6-14-26-50/h3-40H,1-2H3. The van der Waals surface area contributed by atoms with Gasteiger partial charge in [-0.05, 0) is 114 Å². The van der Waals surface area contributed by atoms with Gasteiger partial charge in [-0.2, -0.15) is 0 Å². The topological polar surface area (TPSA) is 17.8 Å². The van der Waals surface area contributed by atoms with E-state index in [2.05, 4.69) is 249 Å². The first-order valence-corrected chi connectivity index (χ1v) is 23.5. The third kappa shape index (κ3) is 6.12. The zero-order valence-corrected chi connectivity index (χ0v) is 35.8. The molecule has 0 saturated heterocycles. The largest absolute Gasteiger partial charge is 0.292 e. The van der Waals surface area contributed by atoms with Crippen molar-refractivity contribution in [1.82, 2.24) is 9.55 Å². The van der Waals surface area contributed by atoms with E-state index in [1.165, 1.54) is 75.7 Å². The van der Waals surface area contributed by atoms with E-state index in [9.17, 15) is 0 Å². The molecule has 0 saturated carbocycles. The maximum absolute atomic E-state index is 5.15. The van der Waals surface area contributed by atoms with Gasteiger partial charge in [-0.25, -0.2) is 4.98 Å². The lowest BCUT2D eigenvalue weighted by molar-refractivity contribution is 1.10. The second kappa shape index (κ2) is 15.5. The number of aromatic nitrogens is 2. The van der Waals surface area contributed by atoms with Crippen LogP contribution in [0, 0.1) is 13.8 Å². The average molecular weight is 809 g/mol. The van der Waals surface area contributed by atoms with E-state index in [-0.39, 0.29) is 0 Å². The van der Waals surface area contributed by atoms with Gasteiger partial charge in [0.15, 0.2) is 8.07 Å². The van der Waals surface area contributed by atoms with Crippen molar-refractivity contribution in [1.29, 1.82) is 0 Å². The Bertz CT molecular complexity index is 3220. The summed E-state index contributed by atoms with van der Waals surface area (Å²) in [5, 5.41) is 10.7. The summed E-state index contributed by atoms with van der Waals surface area (Å²) < 4.78 is 2.30. The van der Waals surface area contributed by atoms with E-state index in [4.69, 9.17) is 4.98 Å². The molecular formula is C59H44N2Si. The van der Waals surface area contributed by atoms with Crippen molar-refractivity contribution in [2.24, 2.45) is 0 Å². The number of hydrogen-bond acceptors (Lipinski definition) is 1. The van der Waals surface area contributed by atoms with Crippen LogP contribution in [0.15, 0.2) is 231 Å². The Labute approximate surface area is 364 Å². The summed E-state index contributed by atoms with van der Waals surface area (Å²) in [4.78, 5) is 5.15. The van der Waals surface area contributed by atoms with Crippen LogP contribution in [0.25, 0.3) is 71.9 Å². The summed E-state index contributed by atoms with van der Waals surface area (Å²) in [6, 6.07) is 85.2. The highest BCUT2D eigenvalue weighted by molar-refractivity contribution is 7.21. The highest BCUT2D eigenvalue weighted by atomic mass is 28.3. The summed E-state index contributed by atoms with van der Waals surface area (Å²) in [5.41, 5.74) is 11.7. The van der Waals surface area contributed by atoms with Gasteiger partial charge in [-0.15, -0.1) is 0 Å². The smallest absolute Gasteiger partial charge is 0.180 e. The van der Waals surface area contributed by atoms with Crippen LogP contribution in [0.5, 0.6) is 0 Å². The maximum Gasteiger partial charge on any atom is 0.180 e. The molecule has 11 aromatic rings. The monoisotopic (exact) mass is 808 g/mol. The lowest BCUT2D eigenvalue weighted by Crippen LogP contribution is -2.75. The van der Waals surface area contributed by atoms with Crippen LogP contribution < -0.4 is 20.7 Å². The van der Waals surface area contributed by atoms with Crippen molar-refractivity contribution in [2.75, 3.05) is 0 Å². The van der Waals surface area contributed by atoms with Crippen LogP contribution >= 0.6 is 0 Å². The fourth-order valence-corrected chi connectivity index (χ4v) is 15.0. The van der Waals surface area contributed by atoms with Crippen molar-refractivity contribution in [3.63, 3.8) is 0 Å². The number of aryl methyl sites for hydroxylation is 2. The predicted molar refractivity (Wildman–Crippen MR) is 265 cm³/mol. The van der Waals surface area contributed by atoms with Gasteiger partial charge in [0.05, 0.1) is 11.0 Å². The van der Waals surface area contributed by atoms with Crippen LogP contribution in [-0.2, 0) is 0 Å². The molecule has 1 aromatic heterocycles. The fourth-order valence-electron chi connectivity index (χ4n) is 9.85. The third-order valence-electron chi connectivity index (χ3n) is 12.9. The molecule has 0 spiro atoms. The van der Waals surface area contributed by atoms with E-state index in [0.29, 0.717) is 0 Å². The van der Waals surface area contributed by atoms with Crippen LogP contribution in [0.3, 0.4) is 0 Å². The Kier molecular flexibility index (Phi) is 9.33. The molecule has 0 amide bonds. The van der Waals surface area contributed by atoms with Gasteiger partial charge in [0.2, 0.25) is 0 Å². The molecule has 62 heavy (non-hydrogen) atoms. The van der Waals surface area contributed by atoms with Gasteiger partial charge in [-0.3, -0.25) is 4.57 Å². The van der Waals surface area contributed by atoms with Crippen molar-refractivity contribution in [3.05, 3.63) is 242 Å². The molecule has 0 radical (unpaired) electrons. The molecule has 294 valence electrons. The first-order chi connectivity index (χ1) is 30.6. The number of fused-ring (bicyclic) bond motifs is 3. The molecule has 0 unspecified atom stereocenters. The van der Waals surface area contributed by atoms with Crippen molar-refractivity contribution in [3.8, 4) is 39.3 Å². The number of hydrogen-bond donors (Lipinski definition) is 0. The predicted octanol–water partition coefficient (Wildman–Crippen LogP) is 12.3. The highest BCUT2D eigenvalue weighted by Crippen LogP contribution is 2.38. The maximum atomic E-state index is 5.15. The van der Waals surface area contributed by atoms with Crippen LogP contribution in [0.1, 0.15) is 11.1 Å². The molecular weight excluding hydrogens is 765 g/mol. The summed E-state index contributed by atoms with van der Waals surface area (Å²) in [7, 11) is -2.88. The average Bonchev–Trinajstić information content (AvgIpc) is 3.71. The quantitative estimate of drug-likeness (QED) is 0.0849. The second-order valence-corrected chi connectivity index (χ2v) is 20.1. The molecule has 3 heteroatoms. The van der Waals surface area contributed by atoms with E-state index in [1.54, 1.807) is 0 Å². The zero-order valence-electron chi connectivity index (χ0n) is 34.8. The van der Waals surface area contributed by atoms with Gasteiger partial charge in [0.25, 0.3) is 0 Å². The molecule has 1 heterocycles. The molecule has 0 bridgehead atoms. The van der Waals surface area contributed by atoms with Gasteiger partial charge in [-0.1, -0.05) is 206 Å². The zero-order chi connectivity index (χ0) is 41.6. The summed E-state index contributed by atoms with van der Waals surface area (Å²) >= 11 is 0. The van der Waals surface area contributed by atoms with Crippen LogP contribution in [0.4, 0.5) is 0 Å². The molecule has 11 rings (SSSR count). The van der Waals surface area contributed by atoms with Crippen molar-refractivity contribution >= 4 is 61.4 Å². The van der Waals surface area contributed by atoms with Gasteiger partial charge >= 0.3 is 0 Å². The molecule has 10 aromatic carbocycles. The van der Waals surface area contributed by atoms with Crippen LogP contribution in [0.2, 0.25) is 0 Å². The molecule has 0 fully saturated rings. The number of benzene rings is 10. The number of imidazole rings is 1. The van der Waals surface area contributed by atoms with Gasteiger partial charge < -0.3 is 0 Å². The highest BCUT2D eigenvalue weighted by Gasteiger charge is 2.44. The summed E-state index contributed by atoms with van der Waals surface area (Å²) in [5.74, 6) is 0.949. The Hall–Kier alpha value is -7.59. The molecule has 0 aliphatic heterocycles. The molecule has 2 nitrogen and oxygen atoms in total. The Morgan fingerprint density at radius 2 is 0.774 bits per heavy atom. The molecule has 0 aliphatic rings. The molecule has 0 N–H and O–H groups in total. The Morgan fingerprint density at radius 1 is 0.371 bits per heavy atom. The van der Waals surface area contributed by atoms with E-state index in [0.717, 1.165) is 28.1 Å². The minimum absolute atomic E-state index is 0.949. The summed E-state index contributed by atoms with van der Waals surface area (Å²) in [6.45, 7) is 4.34. The molecule has 0 aliphatic carbocycles. The number of nitrogens with zero attached hydrogens (tertiary/aromatic N) is 2. The van der Waals surface area contributed by atoms with Gasteiger partial charge in [0.1, 0.15) is 5.82 Å². The fraction of sp³-hybridized carbons (Fsp3) is 0.0339. The Morgan fingerprint density at radius 3 is 1.27 bits per heavy atom. The molecule has 0 atom stereocenters. The minimum atomic E-state index is -2.88. The lowest BCUT2D eigenvalue weighted by Gasteiger charge is -2.37. The minimum Gasteiger partial charge on any atom is -0.292 e. The first kappa shape index (κ1) is 37.4. The van der Waals surface area contributed by atoms with E-state index < -0.39 is 8.07 Å². The van der Waals surface area contributed by atoms with Crippen LogP contribution in [-0.4, -0.2) is 17.6 Å². The number of rotatable bonds is 8. The van der Waals surface area contributed by atoms with E-state index in [1.807, 2.05) is 0 Å².